The third kappa shape index (κ3) is 3.59. The first kappa shape index (κ1) is 15.9. The van der Waals surface area contributed by atoms with Crippen LogP contribution in [0.3, 0.4) is 0 Å². The van der Waals surface area contributed by atoms with Gasteiger partial charge in [-0.2, -0.15) is 5.10 Å². The average molecular weight is 310 g/mol. The molecule has 0 aliphatic heterocycles. The summed E-state index contributed by atoms with van der Waals surface area (Å²) in [6, 6.07) is -0.241. The van der Waals surface area contributed by atoms with Gasteiger partial charge in [0, 0.05) is 11.9 Å². The summed E-state index contributed by atoms with van der Waals surface area (Å²) in [4.78, 5) is 6.63. The lowest BCUT2D eigenvalue weighted by Gasteiger charge is -2.18. The molecule has 0 aliphatic carbocycles. The van der Waals surface area contributed by atoms with E-state index in [4.69, 9.17) is 10.6 Å². The van der Waals surface area contributed by atoms with E-state index in [1.807, 2.05) is 31.1 Å². The molecule has 0 aliphatic rings. The molecule has 1 atom stereocenters. The minimum atomic E-state index is -0.241. The minimum absolute atomic E-state index is 0.241. The number of nitrogens with zero attached hydrogens (tertiary/aromatic N) is 4. The van der Waals surface area contributed by atoms with E-state index in [0.717, 1.165) is 29.5 Å². The van der Waals surface area contributed by atoms with Gasteiger partial charge in [-0.15, -0.1) is 11.3 Å². The van der Waals surface area contributed by atoms with Crippen LogP contribution < -0.4 is 16.0 Å². The van der Waals surface area contributed by atoms with Crippen molar-refractivity contribution in [2.45, 2.75) is 19.5 Å². The lowest BCUT2D eigenvalue weighted by Crippen LogP contribution is -2.32. The van der Waals surface area contributed by atoms with Crippen LogP contribution in [-0.4, -0.2) is 47.4 Å². The van der Waals surface area contributed by atoms with E-state index in [-0.39, 0.29) is 6.04 Å². The average Bonchev–Trinajstić information content (AvgIpc) is 3.05. The molecule has 2 aromatic heterocycles. The quantitative estimate of drug-likeness (QED) is 0.581. The SMILES string of the molecule is COc1cnn(CCN(C)C)c1C(NN)c1csc(C)n1. The molecule has 8 heteroatoms. The maximum Gasteiger partial charge on any atom is 0.162 e. The lowest BCUT2D eigenvalue weighted by atomic mass is 10.1. The van der Waals surface area contributed by atoms with Crippen LogP contribution in [0.1, 0.15) is 22.4 Å². The van der Waals surface area contributed by atoms with Crippen LogP contribution in [0.5, 0.6) is 5.75 Å². The number of nitrogens with two attached hydrogens (primary N) is 1. The van der Waals surface area contributed by atoms with E-state index in [2.05, 4.69) is 20.4 Å². The van der Waals surface area contributed by atoms with Crippen LogP contribution in [0.15, 0.2) is 11.6 Å². The smallest absolute Gasteiger partial charge is 0.162 e. The number of hydrogen-bond acceptors (Lipinski definition) is 7. The highest BCUT2D eigenvalue weighted by atomic mass is 32.1. The maximum atomic E-state index is 5.76. The van der Waals surface area contributed by atoms with E-state index >= 15 is 0 Å². The molecule has 2 aromatic rings. The number of ether oxygens (including phenoxy) is 1. The monoisotopic (exact) mass is 310 g/mol. The Labute approximate surface area is 128 Å². The van der Waals surface area contributed by atoms with Crippen molar-refractivity contribution in [1.82, 2.24) is 25.1 Å². The lowest BCUT2D eigenvalue weighted by molar-refractivity contribution is 0.359. The van der Waals surface area contributed by atoms with Gasteiger partial charge in [-0.1, -0.05) is 0 Å². The van der Waals surface area contributed by atoms with Gasteiger partial charge in [-0.3, -0.25) is 10.5 Å². The summed E-state index contributed by atoms with van der Waals surface area (Å²) < 4.78 is 7.34. The highest BCUT2D eigenvalue weighted by Gasteiger charge is 2.24. The largest absolute Gasteiger partial charge is 0.493 e. The number of thiazole rings is 1. The fourth-order valence-corrected chi connectivity index (χ4v) is 2.75. The van der Waals surface area contributed by atoms with Gasteiger partial charge in [0.15, 0.2) is 5.75 Å². The Bertz CT molecular complexity index is 579. The third-order valence-corrected chi connectivity index (χ3v) is 3.99. The number of methoxy groups -OCH3 is 1. The van der Waals surface area contributed by atoms with Gasteiger partial charge >= 0.3 is 0 Å². The Morgan fingerprint density at radius 2 is 2.29 bits per heavy atom. The summed E-state index contributed by atoms with van der Waals surface area (Å²) >= 11 is 1.60. The summed E-state index contributed by atoms with van der Waals surface area (Å²) in [7, 11) is 5.70. The highest BCUT2D eigenvalue weighted by Crippen LogP contribution is 2.30. The Balaban J connectivity index is 2.36. The molecule has 0 saturated heterocycles. The van der Waals surface area contributed by atoms with Gasteiger partial charge in [-0.25, -0.2) is 10.4 Å². The first-order valence-corrected chi connectivity index (χ1v) is 7.57. The second kappa shape index (κ2) is 6.99. The molecule has 3 N–H and O–H groups in total. The molecule has 0 saturated carbocycles. The van der Waals surface area contributed by atoms with Gasteiger partial charge < -0.3 is 9.64 Å². The molecule has 0 radical (unpaired) electrons. The van der Waals surface area contributed by atoms with Crippen molar-refractivity contribution < 1.29 is 4.74 Å². The van der Waals surface area contributed by atoms with E-state index in [0.29, 0.717) is 5.75 Å². The summed E-state index contributed by atoms with van der Waals surface area (Å²) in [5.74, 6) is 6.47. The standard InChI is InChI=1S/C13H22N6OS/c1-9-16-10(8-21-9)12(17-14)13-11(20-4)7-15-19(13)6-5-18(2)3/h7-8,12,17H,5-6,14H2,1-4H3. The molecule has 0 amide bonds. The van der Waals surface area contributed by atoms with Crippen LogP contribution >= 0.6 is 11.3 Å². The van der Waals surface area contributed by atoms with Gasteiger partial charge in [0.05, 0.1) is 30.6 Å². The summed E-state index contributed by atoms with van der Waals surface area (Å²) in [6.07, 6.45) is 1.72. The van der Waals surface area contributed by atoms with E-state index in [1.54, 1.807) is 24.6 Å². The topological polar surface area (TPSA) is 81.2 Å². The second-order valence-electron chi connectivity index (χ2n) is 5.02. The second-order valence-corrected chi connectivity index (χ2v) is 6.08. The number of hydrazine groups is 1. The Kier molecular flexibility index (Phi) is 5.29. The molecule has 116 valence electrons. The molecule has 2 rings (SSSR count). The van der Waals surface area contributed by atoms with E-state index in [1.165, 1.54) is 0 Å². The van der Waals surface area contributed by atoms with Crippen molar-refractivity contribution in [2.75, 3.05) is 27.7 Å². The first-order chi connectivity index (χ1) is 10.1. The predicted molar refractivity (Wildman–Crippen MR) is 83.4 cm³/mol. The Morgan fingerprint density at radius 1 is 1.52 bits per heavy atom. The molecule has 0 fully saturated rings. The molecule has 0 spiro atoms. The third-order valence-electron chi connectivity index (χ3n) is 3.20. The van der Waals surface area contributed by atoms with Crippen molar-refractivity contribution in [3.05, 3.63) is 28.0 Å². The number of likely N-dealkylation sites (N-methyl/N-ethyl adjacent to an activating group) is 1. The highest BCUT2D eigenvalue weighted by molar-refractivity contribution is 7.09. The van der Waals surface area contributed by atoms with Crippen molar-refractivity contribution in [3.63, 3.8) is 0 Å². The zero-order valence-electron chi connectivity index (χ0n) is 12.8. The number of rotatable bonds is 7. The normalized spacial score (nSPS) is 12.9. The van der Waals surface area contributed by atoms with Crippen LogP contribution in [-0.2, 0) is 6.54 Å². The van der Waals surface area contributed by atoms with Crippen LogP contribution in [0.4, 0.5) is 0 Å². The van der Waals surface area contributed by atoms with Crippen LogP contribution in [0.2, 0.25) is 0 Å². The Morgan fingerprint density at radius 3 is 2.81 bits per heavy atom. The fourth-order valence-electron chi connectivity index (χ4n) is 2.12. The van der Waals surface area contributed by atoms with Crippen molar-refractivity contribution in [3.8, 4) is 5.75 Å². The number of aryl methyl sites for hydroxylation is 1. The van der Waals surface area contributed by atoms with Crippen molar-refractivity contribution in [2.24, 2.45) is 5.84 Å². The minimum Gasteiger partial charge on any atom is -0.493 e. The molecule has 0 aromatic carbocycles. The van der Waals surface area contributed by atoms with E-state index in [9.17, 15) is 0 Å². The molecule has 21 heavy (non-hydrogen) atoms. The zero-order chi connectivity index (χ0) is 15.4. The Hall–Kier alpha value is -1.48. The summed E-state index contributed by atoms with van der Waals surface area (Å²) in [5, 5.41) is 7.41. The zero-order valence-corrected chi connectivity index (χ0v) is 13.6. The van der Waals surface area contributed by atoms with E-state index < -0.39 is 0 Å². The molecule has 1 unspecified atom stereocenters. The van der Waals surface area contributed by atoms with Gasteiger partial charge in [0.2, 0.25) is 0 Å². The number of aromatic nitrogens is 3. The van der Waals surface area contributed by atoms with Crippen LogP contribution in [0, 0.1) is 6.92 Å². The van der Waals surface area contributed by atoms with Gasteiger partial charge in [0.25, 0.3) is 0 Å². The summed E-state index contributed by atoms with van der Waals surface area (Å²) in [6.45, 7) is 3.61. The van der Waals surface area contributed by atoms with Crippen LogP contribution in [0.25, 0.3) is 0 Å². The fraction of sp³-hybridized carbons (Fsp3) is 0.538. The first-order valence-electron chi connectivity index (χ1n) is 6.69. The molecular weight excluding hydrogens is 288 g/mol. The number of nitrogens with one attached hydrogen (secondary N) is 1. The van der Waals surface area contributed by atoms with Crippen molar-refractivity contribution >= 4 is 11.3 Å². The summed E-state index contributed by atoms with van der Waals surface area (Å²) in [5.41, 5.74) is 4.60. The van der Waals surface area contributed by atoms with Gasteiger partial charge in [-0.05, 0) is 21.0 Å². The maximum absolute atomic E-state index is 5.76. The molecule has 0 bridgehead atoms. The molecule has 2 heterocycles. The molecule has 7 nitrogen and oxygen atoms in total. The molecular formula is C13H22N6OS. The van der Waals surface area contributed by atoms with Gasteiger partial charge in [0.1, 0.15) is 11.7 Å². The van der Waals surface area contributed by atoms with Crippen molar-refractivity contribution in [1.29, 1.82) is 0 Å². The predicted octanol–water partition coefficient (Wildman–Crippen LogP) is 0.771. The number of hydrogen-bond donors (Lipinski definition) is 2.